The number of aliphatic carboxylic acids is 1. The lowest BCUT2D eigenvalue weighted by Gasteiger charge is -2.24. The summed E-state index contributed by atoms with van der Waals surface area (Å²) in [7, 11) is 0. The zero-order valence-electron chi connectivity index (χ0n) is 23.1. The predicted molar refractivity (Wildman–Crippen MR) is 157 cm³/mol. The Morgan fingerprint density at radius 2 is 1.75 bits per heavy atom. The first-order valence-corrected chi connectivity index (χ1v) is 14.3. The molecule has 4 rings (SSSR count). The van der Waals surface area contributed by atoms with Crippen molar-refractivity contribution in [2.45, 2.75) is 51.0 Å². The topological polar surface area (TPSA) is 104 Å². The smallest absolute Gasteiger partial charge is 0.326 e. The van der Waals surface area contributed by atoms with E-state index in [-0.39, 0.29) is 12.3 Å². The van der Waals surface area contributed by atoms with Crippen LogP contribution in [-0.4, -0.2) is 65.7 Å². The number of anilines is 1. The van der Waals surface area contributed by atoms with Crippen LogP contribution in [0.3, 0.4) is 0 Å². The first kappa shape index (κ1) is 29.1. The number of aryl methyl sites for hydroxylation is 2. The van der Waals surface area contributed by atoms with Crippen LogP contribution in [-0.2, 0) is 28.9 Å². The quantitative estimate of drug-likeness (QED) is 0.231. The zero-order valence-corrected chi connectivity index (χ0v) is 23.1. The fourth-order valence-corrected chi connectivity index (χ4v) is 4.89. The van der Waals surface area contributed by atoms with Crippen molar-refractivity contribution in [2.24, 2.45) is 0 Å². The number of ether oxygens (including phenoxy) is 1. The zero-order chi connectivity index (χ0) is 28.0. The molecule has 8 nitrogen and oxygen atoms in total. The number of carbonyl (C=O) groups is 2. The Labute approximate surface area is 236 Å². The molecule has 3 aromatic rings. The van der Waals surface area contributed by atoms with E-state index >= 15 is 0 Å². The Morgan fingerprint density at radius 1 is 0.975 bits per heavy atom. The second-order valence-electron chi connectivity index (χ2n) is 10.2. The summed E-state index contributed by atoms with van der Waals surface area (Å²) in [6.07, 6.45) is 5.55. The summed E-state index contributed by atoms with van der Waals surface area (Å²) in [5.41, 5.74) is 3.25. The Bertz CT molecular complexity index is 1210. The summed E-state index contributed by atoms with van der Waals surface area (Å²) >= 11 is 0. The Balaban J connectivity index is 1.27. The van der Waals surface area contributed by atoms with Crippen molar-refractivity contribution >= 4 is 17.7 Å². The van der Waals surface area contributed by atoms with Crippen molar-refractivity contribution < 1.29 is 19.4 Å². The van der Waals surface area contributed by atoms with Gasteiger partial charge in [0.15, 0.2) is 0 Å². The molecule has 1 amide bonds. The van der Waals surface area contributed by atoms with Crippen molar-refractivity contribution in [3.05, 3.63) is 89.6 Å². The number of carboxylic acid groups (broad SMARTS) is 1. The van der Waals surface area contributed by atoms with Gasteiger partial charge in [-0.05, 0) is 74.4 Å². The molecule has 1 unspecified atom stereocenters. The summed E-state index contributed by atoms with van der Waals surface area (Å²) in [6, 6.07) is 22.4. The summed E-state index contributed by atoms with van der Waals surface area (Å²) in [4.78, 5) is 31.5. The van der Waals surface area contributed by atoms with E-state index in [2.05, 4.69) is 27.7 Å². The first-order valence-electron chi connectivity index (χ1n) is 14.3. The number of rotatable bonds is 16. The molecule has 0 saturated carbocycles. The molecule has 8 heteroatoms. The van der Waals surface area contributed by atoms with Gasteiger partial charge in [0.1, 0.15) is 24.2 Å². The van der Waals surface area contributed by atoms with Gasteiger partial charge in [-0.2, -0.15) is 0 Å². The monoisotopic (exact) mass is 544 g/mol. The molecule has 2 aromatic carbocycles. The van der Waals surface area contributed by atoms with Crippen LogP contribution in [0.4, 0.5) is 5.82 Å². The summed E-state index contributed by atoms with van der Waals surface area (Å²) in [5, 5.41) is 15.9. The largest absolute Gasteiger partial charge is 0.492 e. The molecular formula is C32H40N4O4. The molecule has 212 valence electrons. The number of carbonyl (C=O) groups excluding carboxylic acids is 1. The van der Waals surface area contributed by atoms with E-state index in [1.807, 2.05) is 60.7 Å². The maximum atomic E-state index is 12.5. The Morgan fingerprint density at radius 3 is 2.52 bits per heavy atom. The Kier molecular flexibility index (Phi) is 11.4. The standard InChI is InChI=1S/C32H40N4O4/c37-30(24-25-10-3-1-4-11-25)35-29(32(38)39)18-21-36(22-23-40-28-14-5-2-6-15-28)20-8-7-13-27-17-16-26-12-9-19-33-31(26)34-27/h1-6,10-11,14-17,29H,7-9,12-13,18-24H2,(H,33,34)(H,35,37)(H,38,39). The number of para-hydroxylation sites is 1. The highest BCUT2D eigenvalue weighted by molar-refractivity contribution is 5.84. The Hall–Kier alpha value is -3.91. The lowest BCUT2D eigenvalue weighted by atomic mass is 10.1. The minimum absolute atomic E-state index is 0.158. The average Bonchev–Trinajstić information content (AvgIpc) is 2.97. The van der Waals surface area contributed by atoms with E-state index in [1.54, 1.807) is 0 Å². The molecule has 0 fully saturated rings. The third-order valence-electron chi connectivity index (χ3n) is 7.10. The number of benzene rings is 2. The molecule has 3 N–H and O–H groups in total. The average molecular weight is 545 g/mol. The molecule has 0 aliphatic carbocycles. The number of unbranched alkanes of at least 4 members (excludes halogenated alkanes) is 1. The van der Waals surface area contributed by atoms with Gasteiger partial charge in [-0.3, -0.25) is 9.69 Å². The molecule has 40 heavy (non-hydrogen) atoms. The number of hydrogen-bond acceptors (Lipinski definition) is 6. The fourth-order valence-electron chi connectivity index (χ4n) is 4.89. The summed E-state index contributed by atoms with van der Waals surface area (Å²) < 4.78 is 5.91. The van der Waals surface area contributed by atoms with Crippen molar-refractivity contribution in [3.63, 3.8) is 0 Å². The van der Waals surface area contributed by atoms with Crippen LogP contribution >= 0.6 is 0 Å². The van der Waals surface area contributed by atoms with Gasteiger partial charge < -0.3 is 20.5 Å². The number of amides is 1. The van der Waals surface area contributed by atoms with Crippen LogP contribution in [0.25, 0.3) is 0 Å². The highest BCUT2D eigenvalue weighted by atomic mass is 16.5. The van der Waals surface area contributed by atoms with Crippen molar-refractivity contribution in [3.8, 4) is 5.75 Å². The lowest BCUT2D eigenvalue weighted by Crippen LogP contribution is -2.44. The van der Waals surface area contributed by atoms with E-state index < -0.39 is 12.0 Å². The van der Waals surface area contributed by atoms with Gasteiger partial charge in [-0.25, -0.2) is 9.78 Å². The van der Waals surface area contributed by atoms with Gasteiger partial charge in [-0.15, -0.1) is 0 Å². The van der Waals surface area contributed by atoms with Gasteiger partial charge in [0.25, 0.3) is 0 Å². The van der Waals surface area contributed by atoms with Crippen LogP contribution in [0.1, 0.15) is 42.5 Å². The SMILES string of the molecule is O=C(Cc1ccccc1)NC(CCN(CCCCc1ccc2c(n1)NCCC2)CCOc1ccccc1)C(=O)O. The van der Waals surface area contributed by atoms with Crippen LogP contribution in [0, 0.1) is 0 Å². The van der Waals surface area contributed by atoms with E-state index in [1.165, 1.54) is 5.56 Å². The van der Waals surface area contributed by atoms with Crippen LogP contribution in [0.15, 0.2) is 72.8 Å². The van der Waals surface area contributed by atoms with Crippen molar-refractivity contribution in [1.29, 1.82) is 0 Å². The van der Waals surface area contributed by atoms with Gasteiger partial charge in [0.05, 0.1) is 6.42 Å². The lowest BCUT2D eigenvalue weighted by molar-refractivity contribution is -0.142. The van der Waals surface area contributed by atoms with Crippen LogP contribution in [0.2, 0.25) is 0 Å². The van der Waals surface area contributed by atoms with E-state index in [0.29, 0.717) is 26.1 Å². The minimum Gasteiger partial charge on any atom is -0.492 e. The molecule has 1 aliphatic rings. The molecular weight excluding hydrogens is 504 g/mol. The van der Waals surface area contributed by atoms with Gasteiger partial charge in [0, 0.05) is 25.3 Å². The molecule has 1 aromatic heterocycles. The second-order valence-corrected chi connectivity index (χ2v) is 10.2. The van der Waals surface area contributed by atoms with E-state index in [9.17, 15) is 14.7 Å². The highest BCUT2D eigenvalue weighted by Crippen LogP contribution is 2.20. The minimum atomic E-state index is -1.02. The first-order chi connectivity index (χ1) is 19.6. The van der Waals surface area contributed by atoms with Gasteiger partial charge >= 0.3 is 5.97 Å². The number of aromatic nitrogens is 1. The third-order valence-corrected chi connectivity index (χ3v) is 7.10. The number of nitrogens with one attached hydrogen (secondary N) is 2. The number of hydrogen-bond donors (Lipinski definition) is 3. The second kappa shape index (κ2) is 15.6. The highest BCUT2D eigenvalue weighted by Gasteiger charge is 2.21. The number of fused-ring (bicyclic) bond motifs is 1. The third kappa shape index (κ3) is 9.68. The molecule has 1 aliphatic heterocycles. The number of nitrogens with zero attached hydrogens (tertiary/aromatic N) is 2. The number of carboxylic acids is 1. The fraction of sp³-hybridized carbons (Fsp3) is 0.406. The predicted octanol–water partition coefficient (Wildman–Crippen LogP) is 4.35. The maximum Gasteiger partial charge on any atom is 0.326 e. The van der Waals surface area contributed by atoms with Crippen LogP contribution < -0.4 is 15.4 Å². The van der Waals surface area contributed by atoms with E-state index in [4.69, 9.17) is 9.72 Å². The molecule has 2 heterocycles. The van der Waals surface area contributed by atoms with Crippen molar-refractivity contribution in [2.75, 3.05) is 38.1 Å². The van der Waals surface area contributed by atoms with Gasteiger partial charge in [-0.1, -0.05) is 54.6 Å². The molecule has 0 radical (unpaired) electrons. The molecule has 0 bridgehead atoms. The molecule has 0 saturated heterocycles. The number of pyridine rings is 1. The molecule has 0 spiro atoms. The van der Waals surface area contributed by atoms with Crippen LogP contribution in [0.5, 0.6) is 5.75 Å². The summed E-state index contributed by atoms with van der Waals surface area (Å²) in [6.45, 7) is 3.50. The van der Waals surface area contributed by atoms with Crippen molar-refractivity contribution in [1.82, 2.24) is 15.2 Å². The normalized spacial score (nSPS) is 13.2. The molecule has 1 atom stereocenters. The van der Waals surface area contributed by atoms with E-state index in [0.717, 1.165) is 68.0 Å². The van der Waals surface area contributed by atoms with Gasteiger partial charge in [0.2, 0.25) is 5.91 Å². The summed E-state index contributed by atoms with van der Waals surface area (Å²) in [5.74, 6) is 0.530. The maximum absolute atomic E-state index is 12.5.